The summed E-state index contributed by atoms with van der Waals surface area (Å²) in [5.41, 5.74) is 0.0351. The number of anilines is 2. The van der Waals surface area contributed by atoms with E-state index >= 15 is 0 Å². The molecule has 0 saturated carbocycles. The molecule has 29 heavy (non-hydrogen) atoms. The number of nitrogens with one attached hydrogen (secondary N) is 2. The highest BCUT2D eigenvalue weighted by Gasteiger charge is 2.30. The summed E-state index contributed by atoms with van der Waals surface area (Å²) in [6.07, 6.45) is -4.44. The zero-order chi connectivity index (χ0) is 21.6. The lowest BCUT2D eigenvalue weighted by atomic mass is 10.2. The van der Waals surface area contributed by atoms with E-state index in [9.17, 15) is 22.8 Å². The van der Waals surface area contributed by atoms with Crippen LogP contribution in [0.2, 0.25) is 0 Å². The molecule has 2 rings (SSSR count). The van der Waals surface area contributed by atoms with Crippen LogP contribution in [-0.4, -0.2) is 43.5 Å². The van der Waals surface area contributed by atoms with E-state index in [1.165, 1.54) is 17.0 Å². The number of carbonyl (C=O) groups is 2. The van der Waals surface area contributed by atoms with Gasteiger partial charge in [-0.05, 0) is 62.5 Å². The molecule has 1 atom stereocenters. The van der Waals surface area contributed by atoms with Crippen LogP contribution in [0, 0.1) is 0 Å². The summed E-state index contributed by atoms with van der Waals surface area (Å²) in [5.74, 6) is -0.0926. The van der Waals surface area contributed by atoms with Crippen molar-refractivity contribution in [3.8, 4) is 5.75 Å². The minimum atomic E-state index is -4.44. The Labute approximate surface area is 166 Å². The average molecular weight is 409 g/mol. The van der Waals surface area contributed by atoms with Gasteiger partial charge < -0.3 is 15.4 Å². The Hall–Kier alpha value is -3.07. The fourth-order valence-corrected chi connectivity index (χ4v) is 2.43. The normalized spacial score (nSPS) is 12.4. The number of nitrogens with zero attached hydrogens (tertiary/aromatic N) is 1. The Bertz CT molecular complexity index is 837. The van der Waals surface area contributed by atoms with E-state index in [4.69, 9.17) is 4.74 Å². The Kier molecular flexibility index (Phi) is 7.22. The van der Waals surface area contributed by atoms with Gasteiger partial charge in [0.25, 0.3) is 0 Å². The number of likely N-dealkylation sites (N-methyl/N-ethyl adjacent to an activating group) is 1. The first-order valence-corrected chi connectivity index (χ1v) is 8.72. The summed E-state index contributed by atoms with van der Waals surface area (Å²) in [6, 6.07) is 10.3. The molecular formula is C20H22F3N3O3. The van der Waals surface area contributed by atoms with Crippen LogP contribution in [0.3, 0.4) is 0 Å². The van der Waals surface area contributed by atoms with Crippen LogP contribution in [0.5, 0.6) is 5.75 Å². The van der Waals surface area contributed by atoms with Gasteiger partial charge in [0.15, 0.2) is 0 Å². The van der Waals surface area contributed by atoms with Crippen LogP contribution >= 0.6 is 0 Å². The highest BCUT2D eigenvalue weighted by atomic mass is 19.4. The fourth-order valence-electron chi connectivity index (χ4n) is 2.43. The summed E-state index contributed by atoms with van der Waals surface area (Å²) in [7, 11) is 3.14. The van der Waals surface area contributed by atoms with E-state index in [1.54, 1.807) is 45.3 Å². The highest BCUT2D eigenvalue weighted by Crippen LogP contribution is 2.29. The number of alkyl halides is 3. The Morgan fingerprint density at radius 3 is 2.03 bits per heavy atom. The van der Waals surface area contributed by atoms with Crippen molar-refractivity contribution in [3.63, 3.8) is 0 Å². The number of methoxy groups -OCH3 is 1. The lowest BCUT2D eigenvalue weighted by Gasteiger charge is -2.23. The van der Waals surface area contributed by atoms with Crippen molar-refractivity contribution in [3.05, 3.63) is 54.1 Å². The number of ether oxygens (including phenoxy) is 1. The van der Waals surface area contributed by atoms with Crippen LogP contribution in [0.1, 0.15) is 12.5 Å². The molecule has 2 amide bonds. The second kappa shape index (κ2) is 9.42. The van der Waals surface area contributed by atoms with Gasteiger partial charge in [-0.15, -0.1) is 0 Å². The van der Waals surface area contributed by atoms with E-state index in [1.807, 2.05) is 0 Å². The molecule has 0 bridgehead atoms. The van der Waals surface area contributed by atoms with Gasteiger partial charge in [-0.1, -0.05) is 0 Å². The van der Waals surface area contributed by atoms with Crippen molar-refractivity contribution in [1.29, 1.82) is 0 Å². The SMILES string of the molecule is COc1ccc(NC(=O)CN(C)[C@@H](C)C(=O)Nc2ccc(C(F)(F)F)cc2)cc1. The molecule has 0 fully saturated rings. The van der Waals surface area contributed by atoms with E-state index < -0.39 is 23.7 Å². The van der Waals surface area contributed by atoms with Gasteiger partial charge >= 0.3 is 6.18 Å². The molecule has 0 saturated heterocycles. The lowest BCUT2D eigenvalue weighted by Crippen LogP contribution is -2.43. The molecule has 0 aliphatic heterocycles. The molecule has 2 N–H and O–H groups in total. The zero-order valence-corrected chi connectivity index (χ0v) is 16.2. The van der Waals surface area contributed by atoms with E-state index in [-0.39, 0.29) is 18.1 Å². The first-order valence-electron chi connectivity index (χ1n) is 8.72. The third-order valence-electron chi connectivity index (χ3n) is 4.29. The summed E-state index contributed by atoms with van der Waals surface area (Å²) in [4.78, 5) is 26.0. The van der Waals surface area contributed by atoms with E-state index in [0.717, 1.165) is 12.1 Å². The van der Waals surface area contributed by atoms with Crippen LogP contribution in [0.25, 0.3) is 0 Å². The maximum atomic E-state index is 12.6. The Morgan fingerprint density at radius 1 is 1.00 bits per heavy atom. The fraction of sp³-hybridized carbons (Fsp3) is 0.300. The average Bonchev–Trinajstić information content (AvgIpc) is 2.67. The molecule has 2 aromatic rings. The van der Waals surface area contributed by atoms with Gasteiger partial charge in [-0.3, -0.25) is 14.5 Å². The van der Waals surface area contributed by atoms with Gasteiger partial charge in [-0.25, -0.2) is 0 Å². The molecule has 0 aromatic heterocycles. The standard InChI is InChI=1S/C20H22F3N3O3/c1-13(19(28)25-16-6-4-14(5-7-16)20(21,22)23)26(2)12-18(27)24-15-8-10-17(29-3)11-9-15/h4-11,13H,12H2,1-3H3,(H,24,27)(H,25,28)/t13-/m0/s1. The molecule has 6 nitrogen and oxygen atoms in total. The predicted molar refractivity (Wildman–Crippen MR) is 104 cm³/mol. The van der Waals surface area contributed by atoms with Crippen LogP contribution in [-0.2, 0) is 15.8 Å². The second-order valence-electron chi connectivity index (χ2n) is 6.43. The molecule has 2 aromatic carbocycles. The Morgan fingerprint density at radius 2 is 1.52 bits per heavy atom. The first kappa shape index (κ1) is 22.2. The van der Waals surface area contributed by atoms with Crippen molar-refractivity contribution in [1.82, 2.24) is 4.90 Å². The number of halogens is 3. The summed E-state index contributed by atoms with van der Waals surface area (Å²) >= 11 is 0. The molecule has 0 unspecified atom stereocenters. The molecule has 9 heteroatoms. The van der Waals surface area contributed by atoms with Crippen molar-refractivity contribution in [2.45, 2.75) is 19.1 Å². The zero-order valence-electron chi connectivity index (χ0n) is 16.2. The number of carbonyl (C=O) groups excluding carboxylic acids is 2. The van der Waals surface area contributed by atoms with Gasteiger partial charge in [0.2, 0.25) is 11.8 Å². The van der Waals surface area contributed by atoms with E-state index in [2.05, 4.69) is 10.6 Å². The Balaban J connectivity index is 1.88. The minimum absolute atomic E-state index is 0.0480. The third-order valence-corrected chi connectivity index (χ3v) is 4.29. The number of benzene rings is 2. The highest BCUT2D eigenvalue weighted by molar-refractivity contribution is 5.96. The third kappa shape index (κ3) is 6.49. The van der Waals surface area contributed by atoms with Gasteiger partial charge in [0.05, 0.1) is 25.3 Å². The van der Waals surface area contributed by atoms with Crippen molar-refractivity contribution in [2.75, 3.05) is 31.3 Å². The van der Waals surface area contributed by atoms with Crippen molar-refractivity contribution >= 4 is 23.2 Å². The quantitative estimate of drug-likeness (QED) is 0.733. The number of hydrogen-bond acceptors (Lipinski definition) is 4. The molecule has 0 aliphatic carbocycles. The van der Waals surface area contributed by atoms with Crippen molar-refractivity contribution < 1.29 is 27.5 Å². The maximum Gasteiger partial charge on any atom is 0.416 e. The van der Waals surface area contributed by atoms with Crippen LogP contribution in [0.4, 0.5) is 24.5 Å². The second-order valence-corrected chi connectivity index (χ2v) is 6.43. The minimum Gasteiger partial charge on any atom is -0.497 e. The van der Waals surface area contributed by atoms with Crippen LogP contribution < -0.4 is 15.4 Å². The lowest BCUT2D eigenvalue weighted by molar-refractivity contribution is -0.137. The maximum absolute atomic E-state index is 12.6. The van der Waals surface area contributed by atoms with Gasteiger partial charge in [-0.2, -0.15) is 13.2 Å². The van der Waals surface area contributed by atoms with Gasteiger partial charge in [0.1, 0.15) is 5.75 Å². The van der Waals surface area contributed by atoms with Crippen molar-refractivity contribution in [2.24, 2.45) is 0 Å². The number of hydrogen-bond donors (Lipinski definition) is 2. The molecule has 0 aliphatic rings. The van der Waals surface area contributed by atoms with Gasteiger partial charge in [0, 0.05) is 11.4 Å². The summed E-state index contributed by atoms with van der Waals surface area (Å²) in [5, 5.41) is 5.26. The molecule has 0 radical (unpaired) electrons. The topological polar surface area (TPSA) is 70.7 Å². The monoisotopic (exact) mass is 409 g/mol. The van der Waals surface area contributed by atoms with E-state index in [0.29, 0.717) is 11.4 Å². The summed E-state index contributed by atoms with van der Waals surface area (Å²) in [6.45, 7) is 1.55. The largest absolute Gasteiger partial charge is 0.497 e. The summed E-state index contributed by atoms with van der Waals surface area (Å²) < 4.78 is 42.8. The van der Waals surface area contributed by atoms with Crippen LogP contribution in [0.15, 0.2) is 48.5 Å². The molecule has 0 heterocycles. The molecule has 156 valence electrons. The predicted octanol–water partition coefficient (Wildman–Crippen LogP) is 3.61. The number of rotatable bonds is 7. The smallest absolute Gasteiger partial charge is 0.416 e. The molecular weight excluding hydrogens is 387 g/mol. The first-order chi connectivity index (χ1) is 13.6. The number of amides is 2. The molecule has 0 spiro atoms.